The molecule has 5 heteroatoms. The maximum Gasteiger partial charge on any atom is 0.251 e. The molecule has 5 nitrogen and oxygen atoms in total. The van der Waals surface area contributed by atoms with Gasteiger partial charge in [0.15, 0.2) is 0 Å². The third-order valence-electron chi connectivity index (χ3n) is 5.54. The zero-order chi connectivity index (χ0) is 21.6. The summed E-state index contributed by atoms with van der Waals surface area (Å²) in [7, 11) is 0. The van der Waals surface area contributed by atoms with Crippen molar-refractivity contribution in [3.63, 3.8) is 0 Å². The van der Waals surface area contributed by atoms with Gasteiger partial charge in [0.25, 0.3) is 5.91 Å². The molecule has 2 aromatic carbocycles. The molecule has 0 aliphatic carbocycles. The number of nitrogens with zero attached hydrogens (tertiary/aromatic N) is 1. The summed E-state index contributed by atoms with van der Waals surface area (Å²) in [6.45, 7) is 8.35. The summed E-state index contributed by atoms with van der Waals surface area (Å²) in [5.74, 6) is -0.263. The summed E-state index contributed by atoms with van der Waals surface area (Å²) in [6, 6.07) is 17.7. The summed E-state index contributed by atoms with van der Waals surface area (Å²) in [5.41, 5.74) is 2.95. The second-order valence-electron chi connectivity index (χ2n) is 8.89. The van der Waals surface area contributed by atoms with Crippen molar-refractivity contribution in [3.8, 4) is 0 Å². The van der Waals surface area contributed by atoms with Gasteiger partial charge >= 0.3 is 0 Å². The Bertz CT molecular complexity index is 833. The highest BCUT2D eigenvalue weighted by molar-refractivity contribution is 5.96. The van der Waals surface area contributed by atoms with E-state index in [1.165, 1.54) is 5.56 Å². The molecule has 0 bridgehead atoms. The second-order valence-corrected chi connectivity index (χ2v) is 8.89. The van der Waals surface area contributed by atoms with Crippen LogP contribution in [0, 0.1) is 0 Å². The molecule has 0 spiro atoms. The monoisotopic (exact) mass is 408 g/mol. The molecule has 0 atom stereocenters. The van der Waals surface area contributed by atoms with Gasteiger partial charge in [0.05, 0.1) is 19.3 Å². The Morgan fingerprint density at radius 2 is 1.63 bits per heavy atom. The molecule has 1 N–H and O–H groups in total. The Hall–Kier alpha value is -2.66. The van der Waals surface area contributed by atoms with E-state index >= 15 is 0 Å². The quantitative estimate of drug-likeness (QED) is 0.788. The van der Waals surface area contributed by atoms with Crippen molar-refractivity contribution < 1.29 is 14.3 Å². The van der Waals surface area contributed by atoms with E-state index < -0.39 is 0 Å². The van der Waals surface area contributed by atoms with Gasteiger partial charge in [-0.3, -0.25) is 9.59 Å². The van der Waals surface area contributed by atoms with Crippen molar-refractivity contribution in [2.24, 2.45) is 0 Å². The van der Waals surface area contributed by atoms with Crippen molar-refractivity contribution >= 4 is 11.8 Å². The minimum atomic E-state index is -0.218. The molecule has 2 amide bonds. The van der Waals surface area contributed by atoms with Crippen LogP contribution in [0.4, 0.5) is 0 Å². The molecule has 0 unspecified atom stereocenters. The van der Waals surface area contributed by atoms with E-state index in [1.54, 1.807) is 0 Å². The first kappa shape index (κ1) is 22.0. The number of ether oxygens (including phenoxy) is 1. The predicted octanol–water partition coefficient (Wildman–Crippen LogP) is 3.92. The number of carbonyl (C=O) groups is 2. The van der Waals surface area contributed by atoms with E-state index in [1.807, 2.05) is 47.4 Å². The normalized spacial score (nSPS) is 15.1. The Morgan fingerprint density at radius 3 is 2.23 bits per heavy atom. The molecule has 2 aromatic rings. The lowest BCUT2D eigenvalue weighted by Gasteiger charge is -2.32. The third kappa shape index (κ3) is 6.17. The van der Waals surface area contributed by atoms with Crippen LogP contribution in [-0.4, -0.2) is 42.5 Å². The molecule has 160 valence electrons. The number of likely N-dealkylation sites (tertiary alicyclic amines) is 1. The summed E-state index contributed by atoms with van der Waals surface area (Å²) in [4.78, 5) is 26.6. The van der Waals surface area contributed by atoms with Gasteiger partial charge < -0.3 is 15.0 Å². The van der Waals surface area contributed by atoms with E-state index in [9.17, 15) is 9.59 Å². The number of piperidine rings is 1. The first-order valence-electron chi connectivity index (χ1n) is 10.6. The lowest BCUT2D eigenvalue weighted by atomic mass is 9.87. The summed E-state index contributed by atoms with van der Waals surface area (Å²) in [6.07, 6.45) is 1.81. The fraction of sp³-hybridized carbons (Fsp3) is 0.440. The Kier molecular flexibility index (Phi) is 7.27. The third-order valence-corrected chi connectivity index (χ3v) is 5.54. The van der Waals surface area contributed by atoms with Crippen molar-refractivity contribution in [1.82, 2.24) is 10.2 Å². The fourth-order valence-electron chi connectivity index (χ4n) is 3.55. The summed E-state index contributed by atoms with van der Waals surface area (Å²) in [5, 5.41) is 2.75. The molecule has 1 heterocycles. The standard InChI is InChI=1S/C25H32N2O3/c1-25(2,3)21-11-9-20(10-12-21)24(29)26-17-23(28)27-15-13-22(14-16-27)30-18-19-7-5-4-6-8-19/h4-12,22H,13-18H2,1-3H3,(H,26,29). The first-order chi connectivity index (χ1) is 14.3. The lowest BCUT2D eigenvalue weighted by molar-refractivity contribution is -0.132. The number of nitrogens with one attached hydrogen (secondary N) is 1. The van der Waals surface area contributed by atoms with Crippen LogP contribution in [0.25, 0.3) is 0 Å². The zero-order valence-corrected chi connectivity index (χ0v) is 18.2. The van der Waals surface area contributed by atoms with Crippen LogP contribution in [0.3, 0.4) is 0 Å². The fourth-order valence-corrected chi connectivity index (χ4v) is 3.55. The number of benzene rings is 2. The number of hydrogen-bond acceptors (Lipinski definition) is 3. The highest BCUT2D eigenvalue weighted by atomic mass is 16.5. The molecule has 1 aliphatic rings. The van der Waals surface area contributed by atoms with Crippen LogP contribution in [0.2, 0.25) is 0 Å². The first-order valence-corrected chi connectivity index (χ1v) is 10.6. The minimum Gasteiger partial charge on any atom is -0.373 e. The minimum absolute atomic E-state index is 0.0232. The summed E-state index contributed by atoms with van der Waals surface area (Å²) < 4.78 is 5.98. The number of rotatable bonds is 6. The molecule has 0 saturated carbocycles. The van der Waals surface area contributed by atoms with Crippen LogP contribution in [0.1, 0.15) is 55.1 Å². The average molecular weight is 409 g/mol. The van der Waals surface area contributed by atoms with E-state index in [0.717, 1.165) is 18.4 Å². The SMILES string of the molecule is CC(C)(C)c1ccc(C(=O)NCC(=O)N2CCC(OCc3ccccc3)CC2)cc1. The second kappa shape index (κ2) is 9.90. The Morgan fingerprint density at radius 1 is 1.00 bits per heavy atom. The van der Waals surface area contributed by atoms with Gasteiger partial charge in [0.1, 0.15) is 0 Å². The molecule has 30 heavy (non-hydrogen) atoms. The maximum atomic E-state index is 12.5. The topological polar surface area (TPSA) is 58.6 Å². The van der Waals surface area contributed by atoms with Gasteiger partial charge in [0.2, 0.25) is 5.91 Å². The van der Waals surface area contributed by atoms with Crippen LogP contribution in [0.5, 0.6) is 0 Å². The van der Waals surface area contributed by atoms with Crippen LogP contribution >= 0.6 is 0 Å². The van der Waals surface area contributed by atoms with Gasteiger partial charge in [-0.2, -0.15) is 0 Å². The zero-order valence-electron chi connectivity index (χ0n) is 18.2. The average Bonchev–Trinajstić information content (AvgIpc) is 2.76. The van der Waals surface area contributed by atoms with Crippen LogP contribution in [0.15, 0.2) is 54.6 Å². The van der Waals surface area contributed by atoms with E-state index in [-0.39, 0.29) is 29.9 Å². The van der Waals surface area contributed by atoms with E-state index in [4.69, 9.17) is 4.74 Å². The smallest absolute Gasteiger partial charge is 0.251 e. The van der Waals surface area contributed by atoms with Gasteiger partial charge in [-0.15, -0.1) is 0 Å². The molecule has 0 aromatic heterocycles. The van der Waals surface area contributed by atoms with Gasteiger partial charge in [-0.1, -0.05) is 63.2 Å². The molecule has 0 radical (unpaired) electrons. The maximum absolute atomic E-state index is 12.5. The predicted molar refractivity (Wildman–Crippen MR) is 118 cm³/mol. The van der Waals surface area contributed by atoms with Crippen LogP contribution in [-0.2, 0) is 21.6 Å². The number of amides is 2. The molecule has 1 fully saturated rings. The highest BCUT2D eigenvalue weighted by Gasteiger charge is 2.23. The molecule has 3 rings (SSSR count). The highest BCUT2D eigenvalue weighted by Crippen LogP contribution is 2.22. The molecular formula is C25H32N2O3. The summed E-state index contributed by atoms with van der Waals surface area (Å²) >= 11 is 0. The Balaban J connectivity index is 1.39. The number of carbonyl (C=O) groups excluding carboxylic acids is 2. The van der Waals surface area contributed by atoms with Crippen molar-refractivity contribution in [2.45, 2.75) is 51.7 Å². The molecule has 1 aliphatic heterocycles. The van der Waals surface area contributed by atoms with E-state index in [0.29, 0.717) is 25.3 Å². The van der Waals surface area contributed by atoms with Crippen molar-refractivity contribution in [1.29, 1.82) is 0 Å². The van der Waals surface area contributed by atoms with Gasteiger partial charge in [-0.25, -0.2) is 0 Å². The van der Waals surface area contributed by atoms with Crippen molar-refractivity contribution in [2.75, 3.05) is 19.6 Å². The molecular weight excluding hydrogens is 376 g/mol. The van der Waals surface area contributed by atoms with Gasteiger partial charge in [-0.05, 0) is 41.5 Å². The lowest BCUT2D eigenvalue weighted by Crippen LogP contribution is -2.45. The van der Waals surface area contributed by atoms with Crippen LogP contribution < -0.4 is 5.32 Å². The Labute approximate surface area is 179 Å². The largest absolute Gasteiger partial charge is 0.373 e. The molecule has 1 saturated heterocycles. The number of hydrogen-bond donors (Lipinski definition) is 1. The van der Waals surface area contributed by atoms with Gasteiger partial charge in [0, 0.05) is 18.7 Å². The van der Waals surface area contributed by atoms with E-state index in [2.05, 4.69) is 38.2 Å². The van der Waals surface area contributed by atoms with Crippen molar-refractivity contribution in [3.05, 3.63) is 71.3 Å².